The number of amides is 1. The Bertz CT molecular complexity index is 816. The van der Waals surface area contributed by atoms with E-state index in [0.717, 1.165) is 54.7 Å². The average molecular weight is 429 g/mol. The molecule has 2 aromatic rings. The maximum Gasteiger partial charge on any atom is 0.217 e. The summed E-state index contributed by atoms with van der Waals surface area (Å²) >= 11 is 3.54. The van der Waals surface area contributed by atoms with Crippen molar-refractivity contribution in [3.8, 4) is 5.75 Å². The van der Waals surface area contributed by atoms with Crippen molar-refractivity contribution >= 4 is 21.8 Å². The predicted octanol–water partition coefficient (Wildman–Crippen LogP) is 4.44. The third-order valence-corrected chi connectivity index (χ3v) is 6.14. The number of hydrogen-bond donors (Lipinski definition) is 1. The van der Waals surface area contributed by atoms with Gasteiger partial charge in [-0.1, -0.05) is 46.3 Å². The molecular formula is C22H25BrN2O2. The highest BCUT2D eigenvalue weighted by molar-refractivity contribution is 9.10. The molecule has 2 aliphatic rings. The second-order valence-corrected chi connectivity index (χ2v) is 8.60. The van der Waals surface area contributed by atoms with Gasteiger partial charge in [0.05, 0.1) is 6.04 Å². The van der Waals surface area contributed by atoms with Crippen LogP contribution in [0.4, 0.5) is 0 Å². The lowest BCUT2D eigenvalue weighted by Crippen LogP contribution is -2.52. The zero-order valence-electron chi connectivity index (χ0n) is 15.6. The van der Waals surface area contributed by atoms with Crippen LogP contribution < -0.4 is 10.1 Å². The number of benzene rings is 2. The van der Waals surface area contributed by atoms with Crippen LogP contribution in [0.1, 0.15) is 43.4 Å². The molecular weight excluding hydrogens is 404 g/mol. The van der Waals surface area contributed by atoms with Crippen LogP contribution in [-0.2, 0) is 11.3 Å². The van der Waals surface area contributed by atoms with Gasteiger partial charge in [-0.15, -0.1) is 0 Å². The molecule has 1 atom stereocenters. The van der Waals surface area contributed by atoms with E-state index in [1.807, 2.05) is 12.1 Å². The van der Waals surface area contributed by atoms with Crippen LogP contribution in [0.15, 0.2) is 53.0 Å². The van der Waals surface area contributed by atoms with Crippen molar-refractivity contribution in [3.05, 3.63) is 64.1 Å². The minimum Gasteiger partial charge on any atom is -0.487 e. The van der Waals surface area contributed by atoms with Crippen molar-refractivity contribution in [2.24, 2.45) is 0 Å². The number of carbonyl (C=O) groups is 1. The second kappa shape index (κ2) is 7.64. The molecule has 2 aromatic carbocycles. The van der Waals surface area contributed by atoms with Gasteiger partial charge in [-0.25, -0.2) is 0 Å². The normalized spacial score (nSPS) is 21.3. The topological polar surface area (TPSA) is 41.6 Å². The van der Waals surface area contributed by atoms with Gasteiger partial charge >= 0.3 is 0 Å². The van der Waals surface area contributed by atoms with Gasteiger partial charge in [-0.3, -0.25) is 9.69 Å². The number of nitrogens with one attached hydrogen (secondary N) is 1. The number of ether oxygens (including phenoxy) is 1. The van der Waals surface area contributed by atoms with Crippen LogP contribution >= 0.6 is 15.9 Å². The molecule has 2 aliphatic heterocycles. The summed E-state index contributed by atoms with van der Waals surface area (Å²) in [6.45, 7) is 4.58. The van der Waals surface area contributed by atoms with Crippen LogP contribution in [0.25, 0.3) is 0 Å². The lowest BCUT2D eigenvalue weighted by Gasteiger charge is -2.47. The maximum absolute atomic E-state index is 11.8. The van der Waals surface area contributed by atoms with Gasteiger partial charge in [-0.05, 0) is 36.6 Å². The first-order chi connectivity index (χ1) is 13.0. The molecule has 1 amide bonds. The van der Waals surface area contributed by atoms with Crippen molar-refractivity contribution in [3.63, 3.8) is 0 Å². The fourth-order valence-corrected chi connectivity index (χ4v) is 4.66. The minimum atomic E-state index is -0.193. The van der Waals surface area contributed by atoms with Gasteiger partial charge in [0.25, 0.3) is 0 Å². The highest BCUT2D eigenvalue weighted by Crippen LogP contribution is 2.45. The molecule has 0 aliphatic carbocycles. The number of fused-ring (bicyclic) bond motifs is 1. The summed E-state index contributed by atoms with van der Waals surface area (Å²) in [5.41, 5.74) is 2.22. The Kier molecular flexibility index (Phi) is 5.24. The van der Waals surface area contributed by atoms with Gasteiger partial charge in [0, 0.05) is 43.0 Å². The smallest absolute Gasteiger partial charge is 0.217 e. The predicted molar refractivity (Wildman–Crippen MR) is 110 cm³/mol. The zero-order valence-corrected chi connectivity index (χ0v) is 17.2. The Labute approximate surface area is 169 Å². The number of halogens is 1. The average Bonchev–Trinajstić information content (AvgIpc) is 2.65. The van der Waals surface area contributed by atoms with Gasteiger partial charge < -0.3 is 10.1 Å². The second-order valence-electron chi connectivity index (χ2n) is 7.69. The number of rotatable bonds is 3. The quantitative estimate of drug-likeness (QED) is 0.785. The van der Waals surface area contributed by atoms with Crippen molar-refractivity contribution < 1.29 is 9.53 Å². The summed E-state index contributed by atoms with van der Waals surface area (Å²) in [4.78, 5) is 14.3. The van der Waals surface area contributed by atoms with E-state index in [4.69, 9.17) is 4.74 Å². The Hall–Kier alpha value is -1.85. The molecule has 1 fully saturated rings. The zero-order chi connectivity index (χ0) is 18.9. The number of hydrogen-bond acceptors (Lipinski definition) is 3. The van der Waals surface area contributed by atoms with Crippen molar-refractivity contribution in [1.82, 2.24) is 10.2 Å². The van der Waals surface area contributed by atoms with Crippen LogP contribution in [0.2, 0.25) is 0 Å². The highest BCUT2D eigenvalue weighted by Gasteiger charge is 2.43. The lowest BCUT2D eigenvalue weighted by atomic mass is 9.80. The fourth-order valence-electron chi connectivity index (χ4n) is 4.28. The van der Waals surface area contributed by atoms with E-state index >= 15 is 0 Å². The van der Waals surface area contributed by atoms with Crippen molar-refractivity contribution in [2.45, 2.75) is 44.4 Å². The molecule has 1 unspecified atom stereocenters. The van der Waals surface area contributed by atoms with E-state index < -0.39 is 0 Å². The van der Waals surface area contributed by atoms with Gasteiger partial charge in [0.15, 0.2) is 0 Å². The van der Waals surface area contributed by atoms with Crippen molar-refractivity contribution in [1.29, 1.82) is 0 Å². The molecule has 5 heteroatoms. The monoisotopic (exact) mass is 428 g/mol. The molecule has 2 heterocycles. The molecule has 1 N–H and O–H groups in total. The van der Waals surface area contributed by atoms with E-state index in [1.165, 1.54) is 5.56 Å². The fraction of sp³-hybridized carbons (Fsp3) is 0.409. The first-order valence-corrected chi connectivity index (χ1v) is 10.3. The van der Waals surface area contributed by atoms with Gasteiger partial charge in [0.2, 0.25) is 5.91 Å². The summed E-state index contributed by atoms with van der Waals surface area (Å²) in [7, 11) is 0. The highest BCUT2D eigenvalue weighted by atomic mass is 79.9. The van der Waals surface area contributed by atoms with Crippen LogP contribution in [0.3, 0.4) is 0 Å². The molecule has 1 saturated heterocycles. The molecule has 0 radical (unpaired) electrons. The molecule has 142 valence electrons. The van der Waals surface area contributed by atoms with Crippen LogP contribution in [-0.4, -0.2) is 29.5 Å². The first kappa shape index (κ1) is 18.5. The van der Waals surface area contributed by atoms with E-state index in [2.05, 4.69) is 62.5 Å². The number of carbonyl (C=O) groups excluding carboxylic acids is 1. The molecule has 0 saturated carbocycles. The minimum absolute atomic E-state index is 0.00410. The third-order valence-electron chi connectivity index (χ3n) is 5.64. The summed E-state index contributed by atoms with van der Waals surface area (Å²) in [6.07, 6.45) is 2.78. The maximum atomic E-state index is 11.8. The number of nitrogens with zero attached hydrogens (tertiary/aromatic N) is 1. The lowest BCUT2D eigenvalue weighted by molar-refractivity contribution is -0.120. The van der Waals surface area contributed by atoms with E-state index in [1.54, 1.807) is 6.92 Å². The van der Waals surface area contributed by atoms with Gasteiger partial charge in [-0.2, -0.15) is 0 Å². The number of piperidine rings is 1. The van der Waals surface area contributed by atoms with E-state index in [0.29, 0.717) is 0 Å². The summed E-state index contributed by atoms with van der Waals surface area (Å²) in [5.74, 6) is 0.907. The standard InChI is InChI=1S/C22H25BrN2O2/c1-16(26)24-20-14-22(27-21-8-7-18(23)13-19(20)21)9-11-25(12-10-22)15-17-5-3-2-4-6-17/h2-8,13,20H,9-12,14-15H2,1H3,(H,24,26). The first-order valence-electron chi connectivity index (χ1n) is 9.55. The summed E-state index contributed by atoms with van der Waals surface area (Å²) in [6, 6.07) is 16.7. The Morgan fingerprint density at radius 2 is 1.96 bits per heavy atom. The van der Waals surface area contributed by atoms with E-state index in [-0.39, 0.29) is 17.6 Å². The molecule has 0 bridgehead atoms. The molecule has 27 heavy (non-hydrogen) atoms. The van der Waals surface area contributed by atoms with Gasteiger partial charge in [0.1, 0.15) is 11.4 Å². The van der Waals surface area contributed by atoms with Crippen LogP contribution in [0, 0.1) is 0 Å². The number of likely N-dealkylation sites (tertiary alicyclic amines) is 1. The third kappa shape index (κ3) is 4.19. The molecule has 0 aromatic heterocycles. The Balaban J connectivity index is 1.49. The van der Waals surface area contributed by atoms with Crippen LogP contribution in [0.5, 0.6) is 5.75 Å². The summed E-state index contributed by atoms with van der Waals surface area (Å²) in [5, 5.41) is 3.13. The Morgan fingerprint density at radius 1 is 1.22 bits per heavy atom. The van der Waals surface area contributed by atoms with Crippen molar-refractivity contribution in [2.75, 3.05) is 13.1 Å². The SMILES string of the molecule is CC(=O)NC1CC2(CCN(Cc3ccccc3)CC2)Oc2ccc(Br)cc21. The Morgan fingerprint density at radius 3 is 2.67 bits per heavy atom. The molecule has 1 spiro atoms. The molecule has 4 rings (SSSR count). The van der Waals surface area contributed by atoms with E-state index in [9.17, 15) is 4.79 Å². The molecule has 4 nitrogen and oxygen atoms in total. The largest absolute Gasteiger partial charge is 0.487 e. The summed E-state index contributed by atoms with van der Waals surface area (Å²) < 4.78 is 7.54.